The molecule has 1 heterocycles. The van der Waals surface area contributed by atoms with Gasteiger partial charge in [-0.1, -0.05) is 18.5 Å². The van der Waals surface area contributed by atoms with Crippen LogP contribution in [0, 0.1) is 5.92 Å². The summed E-state index contributed by atoms with van der Waals surface area (Å²) >= 11 is 6.18. The Morgan fingerprint density at radius 2 is 1.82 bits per heavy atom. The van der Waals surface area contributed by atoms with Gasteiger partial charge in [-0.2, -0.15) is 0 Å². The van der Waals surface area contributed by atoms with Crippen LogP contribution in [0.2, 0.25) is 5.02 Å². The number of nitrogens with two attached hydrogens (primary N) is 1. The van der Waals surface area contributed by atoms with Crippen molar-refractivity contribution in [1.82, 2.24) is 0 Å². The SMILES string of the molecule is CC1CCN(c2ccc(N)cc2Cl)CC1.Cl.Cl. The van der Waals surface area contributed by atoms with Crippen molar-refractivity contribution in [2.75, 3.05) is 23.7 Å². The minimum atomic E-state index is 0. The lowest BCUT2D eigenvalue weighted by molar-refractivity contribution is 0.438. The fraction of sp³-hybridized carbons (Fsp3) is 0.500. The summed E-state index contributed by atoms with van der Waals surface area (Å²) in [5.41, 5.74) is 7.53. The molecule has 0 saturated carbocycles. The van der Waals surface area contributed by atoms with Gasteiger partial charge in [0.2, 0.25) is 0 Å². The molecule has 2 N–H and O–H groups in total. The number of benzene rings is 1. The van der Waals surface area contributed by atoms with E-state index >= 15 is 0 Å². The average Bonchev–Trinajstić information content (AvgIpc) is 2.20. The van der Waals surface area contributed by atoms with Gasteiger partial charge in [0.1, 0.15) is 0 Å². The second kappa shape index (κ2) is 7.20. The van der Waals surface area contributed by atoms with Crippen LogP contribution in [-0.2, 0) is 0 Å². The molecule has 1 aliphatic heterocycles. The highest BCUT2D eigenvalue weighted by Gasteiger charge is 2.17. The van der Waals surface area contributed by atoms with E-state index in [1.807, 2.05) is 18.2 Å². The molecule has 0 spiro atoms. The molecule has 2 nitrogen and oxygen atoms in total. The van der Waals surface area contributed by atoms with Gasteiger partial charge in [-0.05, 0) is 37.0 Å². The first-order valence-corrected chi connectivity index (χ1v) is 5.84. The number of hydrogen-bond acceptors (Lipinski definition) is 2. The lowest BCUT2D eigenvalue weighted by Gasteiger charge is -2.32. The minimum absolute atomic E-state index is 0. The fourth-order valence-electron chi connectivity index (χ4n) is 2.03. The van der Waals surface area contributed by atoms with Gasteiger partial charge in [-0.3, -0.25) is 0 Å². The summed E-state index contributed by atoms with van der Waals surface area (Å²) in [4.78, 5) is 2.35. The summed E-state index contributed by atoms with van der Waals surface area (Å²) in [5.74, 6) is 0.841. The Balaban J connectivity index is 0.00000128. The van der Waals surface area contributed by atoms with Crippen molar-refractivity contribution in [2.45, 2.75) is 19.8 Å². The fourth-order valence-corrected chi connectivity index (χ4v) is 2.34. The second-order valence-electron chi connectivity index (χ2n) is 4.38. The number of nitrogen functional groups attached to an aromatic ring is 1. The maximum Gasteiger partial charge on any atom is 0.0660 e. The van der Waals surface area contributed by atoms with E-state index in [-0.39, 0.29) is 24.8 Å². The molecule has 17 heavy (non-hydrogen) atoms. The molecule has 0 aliphatic carbocycles. The lowest BCUT2D eigenvalue weighted by atomic mass is 9.99. The molecule has 98 valence electrons. The Labute approximate surface area is 120 Å². The van der Waals surface area contributed by atoms with E-state index in [9.17, 15) is 0 Å². The zero-order chi connectivity index (χ0) is 10.8. The maximum atomic E-state index is 6.18. The molecule has 0 unspecified atom stereocenters. The molecule has 0 amide bonds. The summed E-state index contributed by atoms with van der Waals surface area (Å²) in [6.07, 6.45) is 2.50. The number of hydrogen-bond donors (Lipinski definition) is 1. The Kier molecular flexibility index (Phi) is 7.07. The van der Waals surface area contributed by atoms with Crippen molar-refractivity contribution in [1.29, 1.82) is 0 Å². The first-order chi connectivity index (χ1) is 7.16. The number of anilines is 2. The largest absolute Gasteiger partial charge is 0.399 e. The third kappa shape index (κ3) is 4.13. The van der Waals surface area contributed by atoms with Gasteiger partial charge in [0, 0.05) is 18.8 Å². The molecule has 1 aromatic carbocycles. The molecule has 0 radical (unpaired) electrons. The molecular formula is C12H19Cl3N2. The predicted molar refractivity (Wildman–Crippen MR) is 81.0 cm³/mol. The van der Waals surface area contributed by atoms with Crippen molar-refractivity contribution in [3.8, 4) is 0 Å². The number of piperidine rings is 1. The van der Waals surface area contributed by atoms with Crippen LogP contribution in [0.5, 0.6) is 0 Å². The Morgan fingerprint density at radius 3 is 2.35 bits per heavy atom. The molecule has 1 saturated heterocycles. The zero-order valence-electron chi connectivity index (χ0n) is 9.86. The highest BCUT2D eigenvalue weighted by molar-refractivity contribution is 6.33. The Morgan fingerprint density at radius 1 is 1.24 bits per heavy atom. The van der Waals surface area contributed by atoms with Crippen molar-refractivity contribution in [3.05, 3.63) is 23.2 Å². The maximum absolute atomic E-state index is 6.18. The van der Waals surface area contributed by atoms with E-state index in [0.717, 1.165) is 35.4 Å². The van der Waals surface area contributed by atoms with Gasteiger partial charge in [-0.25, -0.2) is 0 Å². The lowest BCUT2D eigenvalue weighted by Crippen LogP contribution is -2.32. The first-order valence-electron chi connectivity index (χ1n) is 5.47. The zero-order valence-corrected chi connectivity index (χ0v) is 12.2. The van der Waals surface area contributed by atoms with Crippen LogP contribution in [0.1, 0.15) is 19.8 Å². The Bertz CT molecular complexity index is 350. The van der Waals surface area contributed by atoms with Gasteiger partial charge in [0.15, 0.2) is 0 Å². The monoisotopic (exact) mass is 296 g/mol. The second-order valence-corrected chi connectivity index (χ2v) is 4.79. The molecule has 0 aromatic heterocycles. The summed E-state index contributed by atoms with van der Waals surface area (Å²) in [6, 6.07) is 5.77. The highest BCUT2D eigenvalue weighted by Crippen LogP contribution is 2.30. The van der Waals surface area contributed by atoms with Crippen LogP contribution in [0.15, 0.2) is 18.2 Å². The Hall–Kier alpha value is -0.310. The standard InChI is InChI=1S/C12H17ClN2.2ClH/c1-9-4-6-15(7-5-9)12-3-2-10(14)8-11(12)13;;/h2-3,8-9H,4-7,14H2,1H3;2*1H. The van der Waals surface area contributed by atoms with Gasteiger partial charge in [-0.15, -0.1) is 24.8 Å². The molecule has 5 heteroatoms. The van der Waals surface area contributed by atoms with Gasteiger partial charge in [0.25, 0.3) is 0 Å². The highest BCUT2D eigenvalue weighted by atomic mass is 35.5. The topological polar surface area (TPSA) is 29.3 Å². The summed E-state index contributed by atoms with van der Waals surface area (Å²) in [7, 11) is 0. The summed E-state index contributed by atoms with van der Waals surface area (Å²) < 4.78 is 0. The summed E-state index contributed by atoms with van der Waals surface area (Å²) in [6.45, 7) is 4.51. The van der Waals surface area contributed by atoms with Crippen LogP contribution in [-0.4, -0.2) is 13.1 Å². The van der Waals surface area contributed by atoms with E-state index < -0.39 is 0 Å². The molecule has 1 aliphatic rings. The number of halogens is 3. The van der Waals surface area contributed by atoms with Gasteiger partial charge >= 0.3 is 0 Å². The molecule has 2 rings (SSSR count). The molecule has 0 bridgehead atoms. The van der Waals surface area contributed by atoms with Crippen LogP contribution < -0.4 is 10.6 Å². The van der Waals surface area contributed by atoms with Crippen LogP contribution >= 0.6 is 36.4 Å². The third-order valence-electron chi connectivity index (χ3n) is 3.10. The smallest absolute Gasteiger partial charge is 0.0660 e. The molecular weight excluding hydrogens is 279 g/mol. The predicted octanol–water partition coefficient (Wildman–Crippen LogP) is 4.00. The third-order valence-corrected chi connectivity index (χ3v) is 3.40. The quantitative estimate of drug-likeness (QED) is 0.794. The van der Waals surface area contributed by atoms with Crippen LogP contribution in [0.3, 0.4) is 0 Å². The van der Waals surface area contributed by atoms with Gasteiger partial charge in [0.05, 0.1) is 10.7 Å². The van der Waals surface area contributed by atoms with E-state index in [1.165, 1.54) is 12.8 Å². The van der Waals surface area contributed by atoms with E-state index in [4.69, 9.17) is 17.3 Å². The van der Waals surface area contributed by atoms with Crippen molar-refractivity contribution in [3.63, 3.8) is 0 Å². The first kappa shape index (κ1) is 16.7. The molecule has 0 atom stereocenters. The van der Waals surface area contributed by atoms with Crippen molar-refractivity contribution >= 4 is 47.8 Å². The van der Waals surface area contributed by atoms with Crippen LogP contribution in [0.4, 0.5) is 11.4 Å². The average molecular weight is 298 g/mol. The van der Waals surface area contributed by atoms with Crippen molar-refractivity contribution < 1.29 is 0 Å². The number of nitrogens with zero attached hydrogens (tertiary/aromatic N) is 1. The molecule has 1 fully saturated rings. The van der Waals surface area contributed by atoms with E-state index in [0.29, 0.717) is 0 Å². The minimum Gasteiger partial charge on any atom is -0.399 e. The number of rotatable bonds is 1. The van der Waals surface area contributed by atoms with Crippen molar-refractivity contribution in [2.24, 2.45) is 5.92 Å². The molecule has 1 aromatic rings. The normalized spacial score (nSPS) is 16.0. The van der Waals surface area contributed by atoms with E-state index in [1.54, 1.807) is 0 Å². The summed E-state index contributed by atoms with van der Waals surface area (Å²) in [5, 5.41) is 0.768. The van der Waals surface area contributed by atoms with Gasteiger partial charge < -0.3 is 10.6 Å². The van der Waals surface area contributed by atoms with E-state index in [2.05, 4.69) is 11.8 Å². The van der Waals surface area contributed by atoms with Crippen LogP contribution in [0.25, 0.3) is 0 Å².